The molecule has 0 atom stereocenters. The minimum atomic E-state index is -0.343. The smallest absolute Gasteiger partial charge is 0.258 e. The van der Waals surface area contributed by atoms with Crippen molar-refractivity contribution in [3.05, 3.63) is 98.8 Å². The molecule has 1 aliphatic rings. The molecule has 3 aromatic carbocycles. The second-order valence-electron chi connectivity index (χ2n) is 8.97. The van der Waals surface area contributed by atoms with Crippen LogP contribution in [0.25, 0.3) is 22.9 Å². The van der Waals surface area contributed by atoms with E-state index in [1.807, 2.05) is 60.7 Å². The molecule has 36 heavy (non-hydrogen) atoms. The fourth-order valence-electron chi connectivity index (χ4n) is 4.31. The van der Waals surface area contributed by atoms with Gasteiger partial charge in [0.2, 0.25) is 5.88 Å². The standard InChI is InChI=1S/C29H27ClN4O2/c1-33-14-16-34(17-15-33)24-11-9-23(10-12-24)31-19-27-26-18-21(3-2-20-4-7-22(30)8-5-20)6-13-25(26)28(35)32-29(27)36/h2-13,18-19H,14-17H2,1H3,(H2,32,35,36)/b3-2+,31-19?. The van der Waals surface area contributed by atoms with Crippen molar-refractivity contribution in [2.75, 3.05) is 38.1 Å². The Morgan fingerprint density at radius 1 is 0.889 bits per heavy atom. The van der Waals surface area contributed by atoms with Gasteiger partial charge < -0.3 is 14.9 Å². The molecule has 1 aliphatic heterocycles. The van der Waals surface area contributed by atoms with Crippen molar-refractivity contribution in [2.45, 2.75) is 0 Å². The lowest BCUT2D eigenvalue weighted by Crippen LogP contribution is -2.44. The minimum absolute atomic E-state index is 0.205. The van der Waals surface area contributed by atoms with Crippen molar-refractivity contribution < 1.29 is 5.11 Å². The van der Waals surface area contributed by atoms with Gasteiger partial charge in [0.05, 0.1) is 11.3 Å². The number of piperazine rings is 1. The van der Waals surface area contributed by atoms with Crippen LogP contribution in [-0.2, 0) is 0 Å². The van der Waals surface area contributed by atoms with E-state index in [2.05, 4.69) is 39.0 Å². The van der Waals surface area contributed by atoms with Gasteiger partial charge in [0, 0.05) is 53.9 Å². The van der Waals surface area contributed by atoms with E-state index >= 15 is 0 Å². The van der Waals surface area contributed by atoms with E-state index in [4.69, 9.17) is 11.6 Å². The van der Waals surface area contributed by atoms with Crippen LogP contribution in [0.2, 0.25) is 5.02 Å². The first-order valence-electron chi connectivity index (χ1n) is 11.9. The maximum atomic E-state index is 12.5. The molecule has 1 fully saturated rings. The van der Waals surface area contributed by atoms with Crippen LogP contribution < -0.4 is 10.5 Å². The van der Waals surface area contributed by atoms with E-state index in [0.717, 1.165) is 43.0 Å². The zero-order chi connectivity index (χ0) is 25.1. The van der Waals surface area contributed by atoms with Crippen molar-refractivity contribution >= 4 is 52.1 Å². The van der Waals surface area contributed by atoms with Crippen molar-refractivity contribution in [1.82, 2.24) is 9.88 Å². The van der Waals surface area contributed by atoms with Crippen LogP contribution in [-0.4, -0.2) is 54.4 Å². The molecule has 0 unspecified atom stereocenters. The number of aliphatic imine (C=N–C) groups is 1. The highest BCUT2D eigenvalue weighted by Crippen LogP contribution is 2.25. The van der Waals surface area contributed by atoms with Crippen LogP contribution in [0.5, 0.6) is 5.88 Å². The Morgan fingerprint density at radius 3 is 2.28 bits per heavy atom. The molecule has 1 aromatic heterocycles. The number of nitrogens with one attached hydrogen (secondary N) is 1. The van der Waals surface area contributed by atoms with Crippen LogP contribution in [0, 0.1) is 0 Å². The molecular weight excluding hydrogens is 472 g/mol. The number of anilines is 1. The molecule has 0 bridgehead atoms. The number of hydrogen-bond donors (Lipinski definition) is 2. The molecule has 5 rings (SSSR count). The predicted molar refractivity (Wildman–Crippen MR) is 150 cm³/mol. The Balaban J connectivity index is 1.42. The van der Waals surface area contributed by atoms with Gasteiger partial charge in [-0.1, -0.05) is 42.0 Å². The summed E-state index contributed by atoms with van der Waals surface area (Å²) in [5, 5.41) is 12.3. The van der Waals surface area contributed by atoms with Gasteiger partial charge in [0.25, 0.3) is 5.56 Å². The first kappa shape index (κ1) is 23.9. The normalized spacial score (nSPS) is 14.9. The van der Waals surface area contributed by atoms with Crippen LogP contribution in [0.3, 0.4) is 0 Å². The number of benzene rings is 3. The van der Waals surface area contributed by atoms with Crippen molar-refractivity contribution in [3.63, 3.8) is 0 Å². The lowest BCUT2D eigenvalue weighted by Gasteiger charge is -2.34. The van der Waals surface area contributed by atoms with E-state index in [9.17, 15) is 9.90 Å². The summed E-state index contributed by atoms with van der Waals surface area (Å²) in [6, 6.07) is 21.1. The molecule has 182 valence electrons. The number of halogens is 1. The van der Waals surface area contributed by atoms with Gasteiger partial charge in [-0.25, -0.2) is 0 Å². The van der Waals surface area contributed by atoms with Gasteiger partial charge >= 0.3 is 0 Å². The van der Waals surface area contributed by atoms with Crippen molar-refractivity contribution in [2.24, 2.45) is 4.99 Å². The third-order valence-electron chi connectivity index (χ3n) is 6.46. The van der Waals surface area contributed by atoms with Gasteiger partial charge in [-0.05, 0) is 66.7 Å². The number of hydrogen-bond acceptors (Lipinski definition) is 5. The number of aromatic hydroxyl groups is 1. The fraction of sp³-hybridized carbons (Fsp3) is 0.172. The first-order valence-corrected chi connectivity index (χ1v) is 12.2. The fourth-order valence-corrected chi connectivity index (χ4v) is 4.43. The summed E-state index contributed by atoms with van der Waals surface area (Å²) in [4.78, 5) is 24.3. The van der Waals surface area contributed by atoms with Crippen LogP contribution >= 0.6 is 11.6 Å². The molecule has 2 heterocycles. The Bertz CT molecular complexity index is 1480. The van der Waals surface area contributed by atoms with Crippen molar-refractivity contribution in [3.8, 4) is 5.88 Å². The van der Waals surface area contributed by atoms with E-state index in [1.54, 1.807) is 12.3 Å². The van der Waals surface area contributed by atoms with Gasteiger partial charge in [-0.3, -0.25) is 14.8 Å². The summed E-state index contributed by atoms with van der Waals surface area (Å²) >= 11 is 5.97. The molecule has 0 aliphatic carbocycles. The average Bonchev–Trinajstić information content (AvgIpc) is 2.89. The number of nitrogens with zero attached hydrogens (tertiary/aromatic N) is 3. The van der Waals surface area contributed by atoms with E-state index in [-0.39, 0.29) is 11.4 Å². The quantitative estimate of drug-likeness (QED) is 0.279. The van der Waals surface area contributed by atoms with Crippen LogP contribution in [0.15, 0.2) is 76.5 Å². The number of aromatic nitrogens is 1. The second kappa shape index (κ2) is 10.4. The zero-order valence-electron chi connectivity index (χ0n) is 20.0. The van der Waals surface area contributed by atoms with Gasteiger partial charge in [-0.2, -0.15) is 0 Å². The predicted octanol–water partition coefficient (Wildman–Crippen LogP) is 5.56. The van der Waals surface area contributed by atoms with Crippen LogP contribution in [0.1, 0.15) is 16.7 Å². The third-order valence-corrected chi connectivity index (χ3v) is 6.72. The second-order valence-corrected chi connectivity index (χ2v) is 9.41. The molecule has 2 N–H and O–H groups in total. The first-order chi connectivity index (χ1) is 17.5. The molecule has 0 amide bonds. The minimum Gasteiger partial charge on any atom is -0.494 e. The third kappa shape index (κ3) is 5.35. The highest BCUT2D eigenvalue weighted by molar-refractivity contribution is 6.30. The number of pyridine rings is 1. The Hall–Kier alpha value is -3.87. The Morgan fingerprint density at radius 2 is 1.56 bits per heavy atom. The summed E-state index contributed by atoms with van der Waals surface area (Å²) < 4.78 is 0. The molecule has 1 saturated heterocycles. The van der Waals surface area contributed by atoms with Crippen LogP contribution in [0.4, 0.5) is 11.4 Å². The highest BCUT2D eigenvalue weighted by Gasteiger charge is 2.14. The Labute approximate surface area is 214 Å². The monoisotopic (exact) mass is 498 g/mol. The summed E-state index contributed by atoms with van der Waals surface area (Å²) in [6.07, 6.45) is 5.53. The molecule has 7 heteroatoms. The van der Waals surface area contributed by atoms with Gasteiger partial charge in [-0.15, -0.1) is 0 Å². The number of fused-ring (bicyclic) bond motifs is 1. The number of H-pyrrole nitrogens is 1. The highest BCUT2D eigenvalue weighted by atomic mass is 35.5. The molecule has 6 nitrogen and oxygen atoms in total. The summed E-state index contributed by atoms with van der Waals surface area (Å²) in [6.45, 7) is 4.11. The topological polar surface area (TPSA) is 71.9 Å². The lowest BCUT2D eigenvalue weighted by molar-refractivity contribution is 0.313. The molecule has 0 spiro atoms. The summed E-state index contributed by atoms with van der Waals surface area (Å²) in [5.41, 5.74) is 3.98. The van der Waals surface area contributed by atoms with E-state index in [0.29, 0.717) is 21.4 Å². The zero-order valence-corrected chi connectivity index (χ0v) is 20.7. The number of rotatable bonds is 5. The maximum Gasteiger partial charge on any atom is 0.258 e. The summed E-state index contributed by atoms with van der Waals surface area (Å²) in [7, 11) is 2.14. The van der Waals surface area contributed by atoms with Gasteiger partial charge in [0.1, 0.15) is 0 Å². The number of aromatic amines is 1. The molecule has 0 radical (unpaired) electrons. The maximum absolute atomic E-state index is 12.5. The van der Waals surface area contributed by atoms with E-state index < -0.39 is 0 Å². The average molecular weight is 499 g/mol. The van der Waals surface area contributed by atoms with Crippen molar-refractivity contribution in [1.29, 1.82) is 0 Å². The number of likely N-dealkylation sites (N-methyl/N-ethyl adjacent to an activating group) is 1. The summed E-state index contributed by atoms with van der Waals surface area (Å²) in [5.74, 6) is -0.205. The Kier molecular flexibility index (Phi) is 6.89. The lowest BCUT2D eigenvalue weighted by atomic mass is 10.0. The largest absolute Gasteiger partial charge is 0.494 e. The molecule has 4 aromatic rings. The van der Waals surface area contributed by atoms with E-state index in [1.165, 1.54) is 5.69 Å². The van der Waals surface area contributed by atoms with Gasteiger partial charge in [0.15, 0.2) is 0 Å². The molecule has 0 saturated carbocycles. The molecular formula is C29H27ClN4O2. The SMILES string of the molecule is CN1CCN(c2ccc(N=Cc3c(O)[nH]c(=O)c4ccc(/C=C/c5ccc(Cl)cc5)cc34)cc2)CC1.